The van der Waals surface area contributed by atoms with Crippen LogP contribution >= 0.6 is 0 Å². The maximum atomic E-state index is 11.9. The van der Waals surface area contributed by atoms with Gasteiger partial charge in [-0.25, -0.2) is 15.0 Å². The first kappa shape index (κ1) is 42.4. The minimum atomic E-state index is -0.941. The summed E-state index contributed by atoms with van der Waals surface area (Å²) in [4.78, 5) is 15.1. The van der Waals surface area contributed by atoms with Crippen LogP contribution in [0.25, 0.3) is 95.0 Å². The highest BCUT2D eigenvalue weighted by atomic mass is 16.3. The number of aromatic hydroxyl groups is 7. The fourth-order valence-corrected chi connectivity index (χ4v) is 9.36. The van der Waals surface area contributed by atoms with Crippen molar-refractivity contribution in [2.75, 3.05) is 0 Å². The molecular formula is C51H39B5N4O7. The molecule has 16 heteroatoms. The molecule has 0 fully saturated rings. The van der Waals surface area contributed by atoms with Crippen LogP contribution in [0, 0.1) is 0 Å². The SMILES string of the molecule is Bc1c(O)c(O)c(O)c(O)c1-c1c(B)c(O)c(B)c2c3c(B)c(O)c(O)c(B)c3n(-c3ccc(-c4nc(-c5ccccc5)nc(-c5ccc(-c6ccccc6)cc5)n4)cc3-c3ccccc3)c12. The summed E-state index contributed by atoms with van der Waals surface area (Å²) < 4.78 is 1.91. The number of phenols is 7. The van der Waals surface area contributed by atoms with Gasteiger partial charge in [-0.1, -0.05) is 115 Å². The molecule has 0 aliphatic heterocycles. The first-order chi connectivity index (χ1) is 32.3. The highest BCUT2D eigenvalue weighted by Gasteiger charge is 2.32. The fraction of sp³-hybridized carbons (Fsp3) is 0. The number of fused-ring (bicyclic) bond motifs is 3. The van der Waals surface area contributed by atoms with Gasteiger partial charge < -0.3 is 40.3 Å². The Morgan fingerprint density at radius 3 is 1.33 bits per heavy atom. The molecule has 7 N–H and O–H groups in total. The predicted octanol–water partition coefficient (Wildman–Crippen LogP) is 2.20. The summed E-state index contributed by atoms with van der Waals surface area (Å²) in [6, 6.07) is 43.4. The number of hydrogen-bond acceptors (Lipinski definition) is 10. The van der Waals surface area contributed by atoms with E-state index in [2.05, 4.69) is 12.1 Å². The van der Waals surface area contributed by atoms with Crippen LogP contribution in [0.3, 0.4) is 0 Å². The van der Waals surface area contributed by atoms with Crippen molar-refractivity contribution < 1.29 is 35.7 Å². The van der Waals surface area contributed by atoms with Crippen LogP contribution in [0.4, 0.5) is 0 Å². The molecule has 11 nitrogen and oxygen atoms in total. The Balaban J connectivity index is 1.30. The van der Waals surface area contributed by atoms with Crippen molar-refractivity contribution in [2.45, 2.75) is 0 Å². The molecule has 0 spiro atoms. The van der Waals surface area contributed by atoms with Gasteiger partial charge in [-0.2, -0.15) is 0 Å². The maximum Gasteiger partial charge on any atom is 0.204 e. The molecule has 0 atom stereocenters. The Kier molecular flexibility index (Phi) is 10.3. The largest absolute Gasteiger partial charge is 0.509 e. The Hall–Kier alpha value is -8.51. The Labute approximate surface area is 389 Å². The second-order valence-electron chi connectivity index (χ2n) is 16.8. The van der Waals surface area contributed by atoms with Crippen molar-refractivity contribution in [3.63, 3.8) is 0 Å². The van der Waals surface area contributed by atoms with E-state index in [1.54, 1.807) is 31.4 Å². The molecular weight excluding hydrogens is 835 g/mol. The number of phenolic OH excluding ortho intramolecular Hbond substituents is 7. The molecule has 0 unspecified atom stereocenters. The van der Waals surface area contributed by atoms with Gasteiger partial charge in [-0.3, -0.25) is 0 Å². The molecule has 2 aromatic heterocycles. The highest BCUT2D eigenvalue weighted by molar-refractivity contribution is 6.57. The molecule has 0 aliphatic carbocycles. The van der Waals surface area contributed by atoms with Gasteiger partial charge in [0.1, 0.15) is 45.0 Å². The quantitative estimate of drug-likeness (QED) is 0.0712. The molecule has 0 aliphatic rings. The number of nitrogens with zero attached hydrogens (tertiary/aromatic N) is 4. The van der Waals surface area contributed by atoms with Crippen molar-refractivity contribution in [3.05, 3.63) is 133 Å². The molecule has 0 radical (unpaired) electrons. The summed E-state index contributed by atoms with van der Waals surface area (Å²) in [5.41, 5.74) is 8.99. The van der Waals surface area contributed by atoms with Gasteiger partial charge in [0.15, 0.2) is 40.5 Å². The van der Waals surface area contributed by atoms with Crippen LogP contribution in [-0.4, -0.2) is 94.5 Å². The van der Waals surface area contributed by atoms with Crippen LogP contribution in [0.2, 0.25) is 0 Å². The predicted molar refractivity (Wildman–Crippen MR) is 279 cm³/mol. The molecule has 320 valence electrons. The van der Waals surface area contributed by atoms with Gasteiger partial charge in [0.2, 0.25) is 11.5 Å². The summed E-state index contributed by atoms with van der Waals surface area (Å²) in [6.45, 7) is 0. The van der Waals surface area contributed by atoms with E-state index in [-0.39, 0.29) is 33.8 Å². The molecule has 2 heterocycles. The van der Waals surface area contributed by atoms with Gasteiger partial charge in [-0.15, -0.1) is 0 Å². The zero-order valence-electron chi connectivity index (χ0n) is 37.1. The second-order valence-corrected chi connectivity index (χ2v) is 16.8. The topological polar surface area (TPSA) is 185 Å². The second kappa shape index (κ2) is 16.2. The fourth-order valence-electron chi connectivity index (χ4n) is 9.36. The number of hydrogen-bond donors (Lipinski definition) is 7. The van der Waals surface area contributed by atoms with E-state index in [1.807, 2.05) is 126 Å². The zero-order chi connectivity index (χ0) is 47.0. The molecule has 0 bridgehead atoms. The third kappa shape index (κ3) is 6.71. The molecule has 10 aromatic rings. The normalized spacial score (nSPS) is 11.4. The summed E-state index contributed by atoms with van der Waals surface area (Å²) in [5, 5.41) is 80.3. The van der Waals surface area contributed by atoms with E-state index < -0.39 is 23.0 Å². The van der Waals surface area contributed by atoms with E-state index in [1.165, 1.54) is 7.85 Å². The average molecular weight is 874 g/mol. The Bertz CT molecular complexity index is 3620. The van der Waals surface area contributed by atoms with Gasteiger partial charge in [0.25, 0.3) is 0 Å². The van der Waals surface area contributed by atoms with Gasteiger partial charge in [-0.05, 0) is 62.2 Å². The van der Waals surface area contributed by atoms with E-state index >= 15 is 0 Å². The molecule has 0 saturated heterocycles. The van der Waals surface area contributed by atoms with E-state index in [9.17, 15) is 35.7 Å². The molecule has 8 aromatic carbocycles. The van der Waals surface area contributed by atoms with Crippen LogP contribution in [0.5, 0.6) is 40.2 Å². The van der Waals surface area contributed by atoms with Crippen molar-refractivity contribution in [1.29, 1.82) is 0 Å². The third-order valence-corrected chi connectivity index (χ3v) is 12.9. The van der Waals surface area contributed by atoms with Crippen LogP contribution < -0.4 is 27.3 Å². The molecule has 10 rings (SSSR count). The monoisotopic (exact) mass is 874 g/mol. The standard InChI is InChI=1S/C51H39B5N4O7/c52-35-31-32-37(54)44(63)46(65)39(56)41(32)60(40(31)33(36(53)43(35)62)34-38(55)45(64)48(67)47(66)42(34)61)30-21-20-28(22-29(30)25-12-6-2-7-13-25)51-58-49(26-14-8-3-9-15-26)57-50(59-51)27-18-16-24(17-19-27)23-10-4-1-5-11-23/h1-22,61-67H,52-56H2. The summed E-state index contributed by atoms with van der Waals surface area (Å²) in [6.07, 6.45) is 0. The van der Waals surface area contributed by atoms with Gasteiger partial charge in [0, 0.05) is 44.2 Å². The Morgan fingerprint density at radius 1 is 0.328 bits per heavy atom. The molecule has 0 amide bonds. The van der Waals surface area contributed by atoms with Crippen LogP contribution in [-0.2, 0) is 0 Å². The summed E-state index contributed by atoms with van der Waals surface area (Å²) >= 11 is 0. The lowest BCUT2D eigenvalue weighted by molar-refractivity contribution is 0.348. The van der Waals surface area contributed by atoms with Crippen LogP contribution in [0.1, 0.15) is 0 Å². The summed E-state index contributed by atoms with van der Waals surface area (Å²) in [5.74, 6) is -2.66. The van der Waals surface area contributed by atoms with E-state index in [4.69, 9.17) is 15.0 Å². The average Bonchev–Trinajstić information content (AvgIpc) is 3.73. The lowest BCUT2D eigenvalue weighted by Crippen LogP contribution is -2.22. The smallest absolute Gasteiger partial charge is 0.204 e. The first-order valence-electron chi connectivity index (χ1n) is 21.6. The number of rotatable bonds is 7. The number of benzene rings is 8. The first-order valence-corrected chi connectivity index (χ1v) is 21.6. The van der Waals surface area contributed by atoms with Gasteiger partial charge in [0.05, 0.1) is 16.7 Å². The maximum absolute atomic E-state index is 11.9. The van der Waals surface area contributed by atoms with E-state index in [0.29, 0.717) is 77.9 Å². The minimum absolute atomic E-state index is 0.0320. The minimum Gasteiger partial charge on any atom is -0.509 e. The highest BCUT2D eigenvalue weighted by Crippen LogP contribution is 2.49. The number of aromatic nitrogens is 4. The van der Waals surface area contributed by atoms with Crippen molar-refractivity contribution in [1.82, 2.24) is 19.5 Å². The Morgan fingerprint density at radius 2 is 0.731 bits per heavy atom. The van der Waals surface area contributed by atoms with Gasteiger partial charge >= 0.3 is 0 Å². The lowest BCUT2D eigenvalue weighted by Gasteiger charge is -2.22. The van der Waals surface area contributed by atoms with Crippen molar-refractivity contribution in [3.8, 4) is 113 Å². The molecule has 0 saturated carbocycles. The molecule has 67 heavy (non-hydrogen) atoms. The van der Waals surface area contributed by atoms with Crippen molar-refractivity contribution >= 4 is 88.4 Å². The summed E-state index contributed by atoms with van der Waals surface area (Å²) in [7, 11) is 8.26. The third-order valence-electron chi connectivity index (χ3n) is 12.9. The zero-order valence-corrected chi connectivity index (χ0v) is 37.1. The van der Waals surface area contributed by atoms with Crippen molar-refractivity contribution in [2.24, 2.45) is 0 Å². The lowest BCUT2D eigenvalue weighted by atomic mass is 9.73. The van der Waals surface area contributed by atoms with E-state index in [0.717, 1.165) is 27.8 Å². The van der Waals surface area contributed by atoms with Crippen LogP contribution in [0.15, 0.2) is 133 Å².